The Kier molecular flexibility index (Phi) is 6.59. The van der Waals surface area contributed by atoms with Gasteiger partial charge in [-0.1, -0.05) is 60.7 Å². The smallest absolute Gasteiger partial charge is 0.155 e. The van der Waals surface area contributed by atoms with E-state index in [9.17, 15) is 10.2 Å². The van der Waals surface area contributed by atoms with Gasteiger partial charge >= 0.3 is 0 Å². The van der Waals surface area contributed by atoms with Crippen LogP contribution in [0.4, 0.5) is 0 Å². The third-order valence-electron chi connectivity index (χ3n) is 4.81. The molecule has 3 atom stereocenters. The minimum Gasteiger partial charge on any atom is -0.396 e. The zero-order chi connectivity index (χ0) is 17.5. The molecule has 0 amide bonds. The summed E-state index contributed by atoms with van der Waals surface area (Å²) in [7, 11) is 0. The maximum absolute atomic E-state index is 9.77. The van der Waals surface area contributed by atoms with E-state index in [2.05, 4.69) is 29.2 Å². The Bertz CT molecular complexity index is 578. The molecule has 0 aromatic heterocycles. The minimum absolute atomic E-state index is 0.0467. The first-order valence-electron chi connectivity index (χ1n) is 9.02. The standard InChI is InChI=1S/C21H27NO3/c23-14-13-19(20-11-12-21(24)25-20)22(15-17-7-3-1-4-8-17)16-18-9-5-2-6-10-18/h1-10,19-21,23-24H,11-16H2/t19-,20+,21?/m1/s1. The molecule has 0 aliphatic carbocycles. The molecule has 1 fully saturated rings. The van der Waals surface area contributed by atoms with Gasteiger partial charge in [0.2, 0.25) is 0 Å². The quantitative estimate of drug-likeness (QED) is 0.775. The minimum atomic E-state index is -0.679. The molecule has 2 aromatic carbocycles. The molecule has 2 aromatic rings. The van der Waals surface area contributed by atoms with E-state index in [1.165, 1.54) is 11.1 Å². The highest BCUT2D eigenvalue weighted by Crippen LogP contribution is 2.27. The SMILES string of the molecule is OCC[C@H]([C@@H]1CCC(O)O1)N(Cc1ccccc1)Cc1ccccc1. The average molecular weight is 341 g/mol. The molecule has 1 saturated heterocycles. The van der Waals surface area contributed by atoms with Gasteiger partial charge in [-0.3, -0.25) is 4.90 Å². The number of aliphatic hydroxyl groups excluding tert-OH is 2. The fourth-order valence-electron chi connectivity index (χ4n) is 3.59. The maximum Gasteiger partial charge on any atom is 0.155 e. The van der Waals surface area contributed by atoms with Crippen molar-refractivity contribution in [2.45, 2.75) is 50.8 Å². The summed E-state index contributed by atoms with van der Waals surface area (Å²) in [5, 5.41) is 19.4. The summed E-state index contributed by atoms with van der Waals surface area (Å²) in [5.41, 5.74) is 2.47. The third kappa shape index (κ3) is 5.13. The van der Waals surface area contributed by atoms with Gasteiger partial charge in [0.15, 0.2) is 6.29 Å². The number of nitrogens with zero attached hydrogens (tertiary/aromatic N) is 1. The number of rotatable bonds is 8. The van der Waals surface area contributed by atoms with Crippen LogP contribution in [0, 0.1) is 0 Å². The molecule has 0 saturated carbocycles. The van der Waals surface area contributed by atoms with Gasteiger partial charge in [0.25, 0.3) is 0 Å². The predicted molar refractivity (Wildman–Crippen MR) is 97.7 cm³/mol. The Balaban J connectivity index is 1.81. The topological polar surface area (TPSA) is 52.9 Å². The van der Waals surface area contributed by atoms with Crippen LogP contribution in [0.1, 0.15) is 30.4 Å². The Morgan fingerprint density at radius 1 is 0.920 bits per heavy atom. The molecule has 3 rings (SSSR count). The van der Waals surface area contributed by atoms with Crippen molar-refractivity contribution >= 4 is 0 Å². The number of hydrogen-bond donors (Lipinski definition) is 2. The van der Waals surface area contributed by atoms with Gasteiger partial charge in [-0.25, -0.2) is 0 Å². The molecule has 4 heteroatoms. The first-order valence-corrected chi connectivity index (χ1v) is 9.02. The van der Waals surface area contributed by atoms with E-state index in [1.54, 1.807) is 0 Å². The highest BCUT2D eigenvalue weighted by Gasteiger charge is 2.34. The predicted octanol–water partition coefficient (Wildman–Crippen LogP) is 2.94. The van der Waals surface area contributed by atoms with Crippen LogP contribution in [-0.2, 0) is 17.8 Å². The number of benzene rings is 2. The van der Waals surface area contributed by atoms with Crippen molar-refractivity contribution < 1.29 is 14.9 Å². The van der Waals surface area contributed by atoms with Crippen molar-refractivity contribution in [3.63, 3.8) is 0 Å². The molecule has 0 spiro atoms. The summed E-state index contributed by atoms with van der Waals surface area (Å²) in [6.45, 7) is 1.69. The van der Waals surface area contributed by atoms with E-state index in [4.69, 9.17) is 4.74 Å². The molecule has 1 unspecified atom stereocenters. The Morgan fingerprint density at radius 3 is 1.92 bits per heavy atom. The zero-order valence-electron chi connectivity index (χ0n) is 14.5. The van der Waals surface area contributed by atoms with Gasteiger partial charge in [-0.15, -0.1) is 0 Å². The number of aliphatic hydroxyl groups is 2. The lowest BCUT2D eigenvalue weighted by molar-refractivity contribution is -0.115. The second-order valence-electron chi connectivity index (χ2n) is 6.66. The molecular formula is C21H27NO3. The average Bonchev–Trinajstić information content (AvgIpc) is 3.07. The van der Waals surface area contributed by atoms with Gasteiger partial charge in [-0.05, 0) is 24.0 Å². The van der Waals surface area contributed by atoms with Crippen LogP contribution in [0.25, 0.3) is 0 Å². The summed E-state index contributed by atoms with van der Waals surface area (Å²) in [6.07, 6.45) is 1.40. The third-order valence-corrected chi connectivity index (χ3v) is 4.81. The molecule has 0 bridgehead atoms. The van der Waals surface area contributed by atoms with E-state index >= 15 is 0 Å². The van der Waals surface area contributed by atoms with E-state index < -0.39 is 6.29 Å². The first-order chi connectivity index (χ1) is 12.3. The lowest BCUT2D eigenvalue weighted by Crippen LogP contribution is -2.43. The van der Waals surface area contributed by atoms with Gasteiger partial charge in [0.1, 0.15) is 0 Å². The van der Waals surface area contributed by atoms with Crippen molar-refractivity contribution in [2.24, 2.45) is 0 Å². The number of ether oxygens (including phenoxy) is 1. The maximum atomic E-state index is 9.77. The fraction of sp³-hybridized carbons (Fsp3) is 0.429. The van der Waals surface area contributed by atoms with Gasteiger partial charge in [-0.2, -0.15) is 0 Å². The Hall–Kier alpha value is -1.72. The molecule has 2 N–H and O–H groups in total. The summed E-state index contributed by atoms with van der Waals surface area (Å²) >= 11 is 0. The highest BCUT2D eigenvalue weighted by molar-refractivity contribution is 5.17. The molecule has 1 heterocycles. The molecular weight excluding hydrogens is 314 g/mol. The number of hydrogen-bond acceptors (Lipinski definition) is 4. The fourth-order valence-corrected chi connectivity index (χ4v) is 3.59. The van der Waals surface area contributed by atoms with Crippen molar-refractivity contribution in [2.75, 3.05) is 6.61 Å². The van der Waals surface area contributed by atoms with E-state index in [-0.39, 0.29) is 18.8 Å². The summed E-state index contributed by atoms with van der Waals surface area (Å²) in [6, 6.07) is 20.8. The summed E-state index contributed by atoms with van der Waals surface area (Å²) < 4.78 is 5.74. The zero-order valence-corrected chi connectivity index (χ0v) is 14.5. The van der Waals surface area contributed by atoms with E-state index in [0.717, 1.165) is 19.5 Å². The monoisotopic (exact) mass is 341 g/mol. The lowest BCUT2D eigenvalue weighted by atomic mass is 10.0. The second kappa shape index (κ2) is 9.11. The first kappa shape index (κ1) is 18.1. The second-order valence-corrected chi connectivity index (χ2v) is 6.66. The molecule has 0 radical (unpaired) electrons. The molecule has 1 aliphatic rings. The van der Waals surface area contributed by atoms with Crippen molar-refractivity contribution in [1.82, 2.24) is 4.90 Å². The van der Waals surface area contributed by atoms with Crippen LogP contribution >= 0.6 is 0 Å². The van der Waals surface area contributed by atoms with Crippen LogP contribution in [0.3, 0.4) is 0 Å². The van der Waals surface area contributed by atoms with Gasteiger partial charge in [0.05, 0.1) is 6.10 Å². The Labute approximate surface area is 149 Å². The van der Waals surface area contributed by atoms with Crippen molar-refractivity contribution in [3.8, 4) is 0 Å². The van der Waals surface area contributed by atoms with E-state index in [1.807, 2.05) is 36.4 Å². The normalized spacial score (nSPS) is 21.6. The summed E-state index contributed by atoms with van der Waals surface area (Å²) in [5.74, 6) is 0. The van der Waals surface area contributed by atoms with Crippen molar-refractivity contribution in [1.29, 1.82) is 0 Å². The van der Waals surface area contributed by atoms with E-state index in [0.29, 0.717) is 12.8 Å². The van der Waals surface area contributed by atoms with Crippen molar-refractivity contribution in [3.05, 3.63) is 71.8 Å². The van der Waals surface area contributed by atoms with Gasteiger partial charge in [0, 0.05) is 32.2 Å². The molecule has 1 aliphatic heterocycles. The van der Waals surface area contributed by atoms with Crippen LogP contribution in [0.5, 0.6) is 0 Å². The lowest BCUT2D eigenvalue weighted by Gasteiger charge is -2.35. The molecule has 25 heavy (non-hydrogen) atoms. The van der Waals surface area contributed by atoms with Crippen LogP contribution < -0.4 is 0 Å². The Morgan fingerprint density at radius 2 is 1.48 bits per heavy atom. The van der Waals surface area contributed by atoms with Crippen LogP contribution in [-0.4, -0.2) is 40.2 Å². The summed E-state index contributed by atoms with van der Waals surface area (Å²) in [4.78, 5) is 2.36. The highest BCUT2D eigenvalue weighted by atomic mass is 16.6. The van der Waals surface area contributed by atoms with Crippen LogP contribution in [0.15, 0.2) is 60.7 Å². The van der Waals surface area contributed by atoms with Gasteiger partial charge < -0.3 is 14.9 Å². The van der Waals surface area contributed by atoms with Crippen LogP contribution in [0.2, 0.25) is 0 Å². The molecule has 4 nitrogen and oxygen atoms in total. The molecule has 134 valence electrons. The largest absolute Gasteiger partial charge is 0.396 e.